The van der Waals surface area contributed by atoms with E-state index in [1.165, 1.54) is 23.3 Å². The molecule has 3 aromatic carbocycles. The first-order valence-corrected chi connectivity index (χ1v) is 20.2. The van der Waals surface area contributed by atoms with E-state index in [9.17, 15) is 24.0 Å². The highest BCUT2D eigenvalue weighted by molar-refractivity contribution is 5.84. The zero-order valence-corrected chi connectivity index (χ0v) is 35.8. The van der Waals surface area contributed by atoms with Crippen molar-refractivity contribution in [1.82, 2.24) is 0 Å². The second-order valence-electron chi connectivity index (χ2n) is 14.8. The van der Waals surface area contributed by atoms with Gasteiger partial charge in [0.05, 0.1) is 20.3 Å². The number of carbonyl (C=O) groups is 5. The first kappa shape index (κ1) is 47.9. The molecule has 2 unspecified atom stereocenters. The predicted molar refractivity (Wildman–Crippen MR) is 222 cm³/mol. The third-order valence-electron chi connectivity index (χ3n) is 9.40. The molecular weight excluding hydrogens is 790 g/mol. The Labute approximate surface area is 356 Å². The maximum absolute atomic E-state index is 12.8. The second-order valence-corrected chi connectivity index (χ2v) is 14.8. The minimum absolute atomic E-state index is 0.0961. The molecule has 1 fully saturated rings. The van der Waals surface area contributed by atoms with Crippen LogP contribution in [0.15, 0.2) is 90.5 Å². The number of carbonyl (C=O) groups excluding carboxylic acids is 5. The van der Waals surface area contributed by atoms with E-state index < -0.39 is 67.0 Å². The van der Waals surface area contributed by atoms with Crippen molar-refractivity contribution < 1.29 is 66.6 Å². The van der Waals surface area contributed by atoms with Crippen LogP contribution in [0.25, 0.3) is 0 Å². The fourth-order valence-electron chi connectivity index (χ4n) is 6.35. The first-order valence-electron chi connectivity index (χ1n) is 20.2. The number of rotatable bonds is 21. The van der Waals surface area contributed by atoms with Gasteiger partial charge in [0.1, 0.15) is 12.4 Å². The molecule has 0 radical (unpaired) electrons. The van der Waals surface area contributed by atoms with Crippen LogP contribution in [0.2, 0.25) is 0 Å². The summed E-state index contributed by atoms with van der Waals surface area (Å²) in [5.74, 6) is -2.69. The van der Waals surface area contributed by atoms with Crippen LogP contribution < -0.4 is 10.1 Å². The Morgan fingerprint density at radius 1 is 0.721 bits per heavy atom. The Morgan fingerprint density at radius 2 is 1.34 bits per heavy atom. The molecule has 0 spiro atoms. The summed E-state index contributed by atoms with van der Waals surface area (Å²) >= 11 is 0. The summed E-state index contributed by atoms with van der Waals surface area (Å²) in [5.41, 5.74) is 4.41. The zero-order chi connectivity index (χ0) is 44.3. The van der Waals surface area contributed by atoms with Crippen LogP contribution in [0.1, 0.15) is 83.8 Å². The monoisotopic (exact) mass is 847 g/mol. The van der Waals surface area contributed by atoms with Gasteiger partial charge in [0.2, 0.25) is 12.4 Å². The van der Waals surface area contributed by atoms with E-state index in [4.69, 9.17) is 42.6 Å². The van der Waals surface area contributed by atoms with E-state index in [0.29, 0.717) is 30.4 Å². The van der Waals surface area contributed by atoms with Crippen LogP contribution in [0.5, 0.6) is 5.75 Å². The number of hydrogen-bond acceptors (Lipinski definition) is 14. The van der Waals surface area contributed by atoms with Gasteiger partial charge in [-0.2, -0.15) is 0 Å². The maximum atomic E-state index is 12.8. The lowest BCUT2D eigenvalue weighted by atomic mass is 9.97. The van der Waals surface area contributed by atoms with E-state index in [0.717, 1.165) is 59.1 Å². The Hall–Kier alpha value is -5.77. The standard InChI is InChI=1S/C46H57NO14/c1-29(2)12-11-13-30(3)24-26-54-44(55-27-25-34-14-9-8-10-15-34)36-18-20-37(21-19-36)47-46(52)56-28-35-16-22-38(23-17-35)60-45-42(59-33(6)50)40(58-32(5)49)39(57-31(4)48)41(61-45)43(51)53-7/h8-10,12,14-23,30,39-42,44-45H,11,13,24-28H2,1-7H3,(H,47,52)/t30?,39-,40-,41-,42+,44?,45+/m0/s1. The summed E-state index contributed by atoms with van der Waals surface area (Å²) < 4.78 is 50.6. The lowest BCUT2D eigenvalue weighted by molar-refractivity contribution is -0.282. The van der Waals surface area contributed by atoms with Crippen molar-refractivity contribution in [3.05, 3.63) is 107 Å². The van der Waals surface area contributed by atoms with E-state index in [1.807, 2.05) is 30.3 Å². The predicted octanol–water partition coefficient (Wildman–Crippen LogP) is 7.55. The molecule has 15 nitrogen and oxygen atoms in total. The molecular formula is C46H57NO14. The van der Waals surface area contributed by atoms with Gasteiger partial charge >= 0.3 is 30.0 Å². The molecule has 1 amide bonds. The Morgan fingerprint density at radius 3 is 1.97 bits per heavy atom. The van der Waals surface area contributed by atoms with Gasteiger partial charge in [0, 0.05) is 32.0 Å². The van der Waals surface area contributed by atoms with Gasteiger partial charge in [-0.1, -0.05) is 73.2 Å². The fraction of sp³-hybridized carbons (Fsp3) is 0.457. The molecule has 0 aromatic heterocycles. The molecule has 15 heteroatoms. The van der Waals surface area contributed by atoms with Crippen LogP contribution in [-0.4, -0.2) is 81.0 Å². The van der Waals surface area contributed by atoms with E-state index in [2.05, 4.69) is 44.3 Å². The van der Waals surface area contributed by atoms with Gasteiger partial charge in [0.15, 0.2) is 24.6 Å². The van der Waals surface area contributed by atoms with Gasteiger partial charge in [-0.15, -0.1) is 0 Å². The summed E-state index contributed by atoms with van der Waals surface area (Å²) in [6.07, 6.45) is -2.85. The van der Waals surface area contributed by atoms with E-state index >= 15 is 0 Å². The lowest BCUT2D eigenvalue weighted by Gasteiger charge is -2.43. The quantitative estimate of drug-likeness (QED) is 0.0480. The second kappa shape index (κ2) is 24.5. The van der Waals surface area contributed by atoms with Crippen molar-refractivity contribution in [1.29, 1.82) is 0 Å². The van der Waals surface area contributed by atoms with Crippen LogP contribution in [0.4, 0.5) is 10.5 Å². The average Bonchev–Trinajstić information content (AvgIpc) is 3.21. The van der Waals surface area contributed by atoms with Gasteiger partial charge in [-0.25, -0.2) is 9.59 Å². The summed E-state index contributed by atoms with van der Waals surface area (Å²) in [4.78, 5) is 61.6. The van der Waals surface area contributed by atoms with E-state index in [1.54, 1.807) is 24.3 Å². The molecule has 0 saturated carbocycles. The minimum atomic E-state index is -1.60. The number of nitrogens with one attached hydrogen (secondary N) is 1. The maximum Gasteiger partial charge on any atom is 0.411 e. The van der Waals surface area contributed by atoms with Gasteiger partial charge in [0.25, 0.3) is 0 Å². The van der Waals surface area contributed by atoms with Crippen LogP contribution in [0.3, 0.4) is 0 Å². The van der Waals surface area contributed by atoms with Crippen molar-refractivity contribution in [2.75, 3.05) is 25.6 Å². The number of allylic oxidation sites excluding steroid dienone is 2. The van der Waals surface area contributed by atoms with Crippen molar-refractivity contribution >= 4 is 35.7 Å². The highest BCUT2D eigenvalue weighted by atomic mass is 16.7. The number of benzene rings is 3. The smallest absolute Gasteiger partial charge is 0.411 e. The molecule has 7 atom stereocenters. The number of anilines is 1. The molecule has 0 aliphatic carbocycles. The number of hydrogen-bond donors (Lipinski definition) is 1. The van der Waals surface area contributed by atoms with Gasteiger partial charge in [-0.05, 0) is 80.8 Å². The summed E-state index contributed by atoms with van der Waals surface area (Å²) in [7, 11) is 1.09. The number of methoxy groups -OCH3 is 1. The Balaban J connectivity index is 1.35. The Kier molecular flexibility index (Phi) is 19.2. The number of ether oxygens (including phenoxy) is 9. The summed E-state index contributed by atoms with van der Waals surface area (Å²) in [6, 6.07) is 23.6. The molecule has 4 rings (SSSR count). The third-order valence-corrected chi connectivity index (χ3v) is 9.40. The Bertz CT molecular complexity index is 1900. The molecule has 1 aliphatic heterocycles. The highest BCUT2D eigenvalue weighted by Gasteiger charge is 2.55. The normalized spacial score (nSPS) is 19.3. The first-order chi connectivity index (χ1) is 29.2. The lowest BCUT2D eigenvalue weighted by Crippen LogP contribution is -2.64. The van der Waals surface area contributed by atoms with Crippen molar-refractivity contribution in [2.45, 2.75) is 111 Å². The zero-order valence-electron chi connectivity index (χ0n) is 35.8. The molecule has 3 aromatic rings. The number of esters is 4. The molecule has 1 aliphatic rings. The van der Waals surface area contributed by atoms with Crippen molar-refractivity contribution in [3.8, 4) is 5.75 Å². The highest BCUT2D eigenvalue weighted by Crippen LogP contribution is 2.32. The summed E-state index contributed by atoms with van der Waals surface area (Å²) in [5, 5.41) is 2.73. The van der Waals surface area contributed by atoms with Gasteiger partial charge < -0.3 is 42.6 Å². The third kappa shape index (κ3) is 16.3. The van der Waals surface area contributed by atoms with Crippen LogP contribution in [0, 0.1) is 5.92 Å². The molecule has 1 saturated heterocycles. The average molecular weight is 848 g/mol. The molecule has 1 heterocycles. The van der Waals surface area contributed by atoms with E-state index in [-0.39, 0.29) is 12.4 Å². The van der Waals surface area contributed by atoms with Crippen LogP contribution in [-0.2, 0) is 70.1 Å². The topological polar surface area (TPSA) is 180 Å². The fourth-order valence-corrected chi connectivity index (χ4v) is 6.35. The van der Waals surface area contributed by atoms with Crippen molar-refractivity contribution in [2.24, 2.45) is 5.92 Å². The van der Waals surface area contributed by atoms with Crippen molar-refractivity contribution in [3.63, 3.8) is 0 Å². The summed E-state index contributed by atoms with van der Waals surface area (Å²) in [6.45, 7) is 10.7. The molecule has 61 heavy (non-hydrogen) atoms. The van der Waals surface area contributed by atoms with Gasteiger partial charge in [-0.3, -0.25) is 19.7 Å². The number of amides is 1. The van der Waals surface area contributed by atoms with Crippen LogP contribution >= 0.6 is 0 Å². The molecule has 1 N–H and O–H groups in total. The molecule has 330 valence electrons. The minimum Gasteiger partial charge on any atom is -0.467 e. The molecule has 0 bridgehead atoms. The SMILES string of the molecule is COC(=O)[C@H]1O[C@@H](Oc2ccc(COC(=O)Nc3ccc(C(OCCc4ccccc4)OCCC(C)CCC=C(C)C)cc3)cc2)[C@H](OC(C)=O)[C@@H](OC(C)=O)[C@@H]1OC(C)=O. The largest absolute Gasteiger partial charge is 0.467 e.